The van der Waals surface area contributed by atoms with Crippen LogP contribution in [0.5, 0.6) is 0 Å². The van der Waals surface area contributed by atoms with Gasteiger partial charge in [-0.05, 0) is 30.0 Å². The normalized spacial score (nSPS) is 10.5. The second-order valence-corrected chi connectivity index (χ2v) is 4.17. The summed E-state index contributed by atoms with van der Waals surface area (Å²) in [5.41, 5.74) is 1.32. The van der Waals surface area contributed by atoms with E-state index in [1.54, 1.807) is 24.3 Å². The highest BCUT2D eigenvalue weighted by Gasteiger charge is 2.06. The number of rotatable bonds is 5. The summed E-state index contributed by atoms with van der Waals surface area (Å²) in [5.74, 6) is 0.231. The number of esters is 1. The summed E-state index contributed by atoms with van der Waals surface area (Å²) in [4.78, 5) is 11.5. The van der Waals surface area contributed by atoms with Gasteiger partial charge in [-0.3, -0.25) is 0 Å². The topological polar surface area (TPSA) is 46.5 Å². The largest absolute Gasteiger partial charge is 0.462 e. The van der Waals surface area contributed by atoms with Gasteiger partial charge in [-0.2, -0.15) is 0 Å². The molecule has 0 aliphatic rings. The second kappa shape index (κ2) is 6.28. The molecule has 1 aromatic carbocycles. The molecule has 0 heterocycles. The highest BCUT2D eigenvalue weighted by atomic mass is 16.5. The van der Waals surface area contributed by atoms with E-state index in [9.17, 15) is 4.79 Å². The number of carbonyl (C=O) groups excluding carboxylic acids is 1. The van der Waals surface area contributed by atoms with Gasteiger partial charge in [-0.25, -0.2) is 4.79 Å². The molecule has 0 unspecified atom stereocenters. The first-order valence-corrected chi connectivity index (χ1v) is 5.50. The Morgan fingerprint density at radius 2 is 1.94 bits per heavy atom. The first-order valence-electron chi connectivity index (χ1n) is 5.50. The molecule has 3 heteroatoms. The Kier molecular flexibility index (Phi) is 4.99. The van der Waals surface area contributed by atoms with E-state index in [4.69, 9.17) is 9.84 Å². The van der Waals surface area contributed by atoms with E-state index in [-0.39, 0.29) is 12.6 Å². The standard InChI is InChI=1S/C13H18O3/c1-10(2)7-8-16-13(15)12-5-3-11(9-14)4-6-12/h3-6,10,14H,7-9H2,1-2H3. The number of aliphatic hydroxyl groups excluding tert-OH is 1. The van der Waals surface area contributed by atoms with Gasteiger partial charge in [-0.15, -0.1) is 0 Å². The maximum atomic E-state index is 11.5. The fourth-order valence-electron chi connectivity index (χ4n) is 1.22. The molecule has 0 radical (unpaired) electrons. The van der Waals surface area contributed by atoms with Crippen molar-refractivity contribution in [2.24, 2.45) is 5.92 Å². The van der Waals surface area contributed by atoms with Crippen LogP contribution in [0.15, 0.2) is 24.3 Å². The van der Waals surface area contributed by atoms with Crippen molar-refractivity contribution in [1.29, 1.82) is 0 Å². The molecule has 0 saturated heterocycles. The molecule has 1 aromatic rings. The molecule has 0 fully saturated rings. The van der Waals surface area contributed by atoms with E-state index in [1.165, 1.54) is 0 Å². The number of benzene rings is 1. The molecule has 0 bridgehead atoms. The van der Waals surface area contributed by atoms with Gasteiger partial charge in [0.15, 0.2) is 0 Å². The number of aliphatic hydroxyl groups is 1. The maximum absolute atomic E-state index is 11.5. The van der Waals surface area contributed by atoms with Gasteiger partial charge in [0.25, 0.3) is 0 Å². The monoisotopic (exact) mass is 222 g/mol. The molecule has 16 heavy (non-hydrogen) atoms. The van der Waals surface area contributed by atoms with Gasteiger partial charge in [0.05, 0.1) is 18.8 Å². The van der Waals surface area contributed by atoms with Gasteiger partial charge in [0.1, 0.15) is 0 Å². The average molecular weight is 222 g/mol. The van der Waals surface area contributed by atoms with Crippen LogP contribution in [0.4, 0.5) is 0 Å². The van der Waals surface area contributed by atoms with Crippen molar-refractivity contribution in [2.75, 3.05) is 6.61 Å². The zero-order valence-corrected chi connectivity index (χ0v) is 9.77. The Bertz CT molecular complexity index is 328. The molecule has 0 aliphatic carbocycles. The number of hydrogen-bond donors (Lipinski definition) is 1. The van der Waals surface area contributed by atoms with Gasteiger partial charge >= 0.3 is 5.97 Å². The quantitative estimate of drug-likeness (QED) is 0.778. The molecule has 0 saturated carbocycles. The molecule has 1 N–H and O–H groups in total. The molecule has 0 amide bonds. The van der Waals surface area contributed by atoms with E-state index in [2.05, 4.69) is 13.8 Å². The Hall–Kier alpha value is -1.35. The van der Waals surface area contributed by atoms with Gasteiger partial charge in [0, 0.05) is 0 Å². The van der Waals surface area contributed by atoms with Crippen LogP contribution < -0.4 is 0 Å². The number of ether oxygens (including phenoxy) is 1. The van der Waals surface area contributed by atoms with Crippen LogP contribution in [0.3, 0.4) is 0 Å². The highest BCUT2D eigenvalue weighted by Crippen LogP contribution is 2.07. The van der Waals surface area contributed by atoms with Crippen LogP contribution in [0.25, 0.3) is 0 Å². The van der Waals surface area contributed by atoms with Crippen molar-refractivity contribution in [3.05, 3.63) is 35.4 Å². The highest BCUT2D eigenvalue weighted by molar-refractivity contribution is 5.89. The van der Waals surface area contributed by atoms with Gasteiger partial charge in [-0.1, -0.05) is 26.0 Å². The van der Waals surface area contributed by atoms with E-state index in [0.717, 1.165) is 12.0 Å². The Labute approximate surface area is 96.1 Å². The SMILES string of the molecule is CC(C)CCOC(=O)c1ccc(CO)cc1. The Balaban J connectivity index is 2.46. The molecule has 1 rings (SSSR count). The Morgan fingerprint density at radius 1 is 1.31 bits per heavy atom. The third-order valence-corrected chi connectivity index (χ3v) is 2.30. The minimum atomic E-state index is -0.301. The van der Waals surface area contributed by atoms with Crippen molar-refractivity contribution in [3.63, 3.8) is 0 Å². The second-order valence-electron chi connectivity index (χ2n) is 4.17. The van der Waals surface area contributed by atoms with E-state index >= 15 is 0 Å². The summed E-state index contributed by atoms with van der Waals surface area (Å²) in [6, 6.07) is 6.78. The fraction of sp³-hybridized carbons (Fsp3) is 0.462. The predicted octanol–water partition coefficient (Wildman–Crippen LogP) is 2.38. The Morgan fingerprint density at radius 3 is 2.44 bits per heavy atom. The molecule has 0 aromatic heterocycles. The van der Waals surface area contributed by atoms with Crippen LogP contribution in [-0.4, -0.2) is 17.7 Å². The van der Waals surface area contributed by atoms with Crippen LogP contribution in [0, 0.1) is 5.92 Å². The number of carbonyl (C=O) groups is 1. The zero-order valence-electron chi connectivity index (χ0n) is 9.77. The van der Waals surface area contributed by atoms with Crippen LogP contribution in [0.1, 0.15) is 36.2 Å². The summed E-state index contributed by atoms with van der Waals surface area (Å²) >= 11 is 0. The van der Waals surface area contributed by atoms with Crippen molar-refractivity contribution in [3.8, 4) is 0 Å². The lowest BCUT2D eigenvalue weighted by molar-refractivity contribution is 0.0488. The molecule has 3 nitrogen and oxygen atoms in total. The van der Waals surface area contributed by atoms with E-state index in [1.807, 2.05) is 0 Å². The molecule has 88 valence electrons. The lowest BCUT2D eigenvalue weighted by Gasteiger charge is -2.06. The molecular formula is C13H18O3. The van der Waals surface area contributed by atoms with Crippen molar-refractivity contribution < 1.29 is 14.6 Å². The average Bonchev–Trinajstić information content (AvgIpc) is 2.28. The summed E-state index contributed by atoms with van der Waals surface area (Å²) < 4.78 is 5.11. The lowest BCUT2D eigenvalue weighted by atomic mass is 10.1. The van der Waals surface area contributed by atoms with E-state index in [0.29, 0.717) is 18.1 Å². The minimum Gasteiger partial charge on any atom is -0.462 e. The molecule has 0 atom stereocenters. The van der Waals surface area contributed by atoms with E-state index < -0.39 is 0 Å². The minimum absolute atomic E-state index is 0.0112. The van der Waals surface area contributed by atoms with Crippen molar-refractivity contribution in [2.45, 2.75) is 26.9 Å². The van der Waals surface area contributed by atoms with Crippen molar-refractivity contribution >= 4 is 5.97 Å². The summed E-state index contributed by atoms with van der Waals surface area (Å²) in [6.45, 7) is 4.62. The maximum Gasteiger partial charge on any atom is 0.338 e. The first-order chi connectivity index (χ1) is 7.63. The zero-order chi connectivity index (χ0) is 12.0. The van der Waals surface area contributed by atoms with Gasteiger partial charge in [0.2, 0.25) is 0 Å². The van der Waals surface area contributed by atoms with Crippen LogP contribution >= 0.6 is 0 Å². The predicted molar refractivity (Wildman–Crippen MR) is 62.1 cm³/mol. The third-order valence-electron chi connectivity index (χ3n) is 2.30. The number of hydrogen-bond acceptors (Lipinski definition) is 3. The molecular weight excluding hydrogens is 204 g/mol. The van der Waals surface area contributed by atoms with Crippen LogP contribution in [-0.2, 0) is 11.3 Å². The lowest BCUT2D eigenvalue weighted by Crippen LogP contribution is -2.08. The summed E-state index contributed by atoms with van der Waals surface area (Å²) in [6.07, 6.45) is 0.875. The van der Waals surface area contributed by atoms with Gasteiger partial charge < -0.3 is 9.84 Å². The molecule has 0 aliphatic heterocycles. The molecule has 0 spiro atoms. The smallest absolute Gasteiger partial charge is 0.338 e. The summed E-state index contributed by atoms with van der Waals surface area (Å²) in [7, 11) is 0. The first kappa shape index (κ1) is 12.7. The fourth-order valence-corrected chi connectivity index (χ4v) is 1.22. The summed E-state index contributed by atoms with van der Waals surface area (Å²) in [5, 5.41) is 8.85. The van der Waals surface area contributed by atoms with Crippen molar-refractivity contribution in [1.82, 2.24) is 0 Å². The van der Waals surface area contributed by atoms with Crippen LogP contribution in [0.2, 0.25) is 0 Å². The third kappa shape index (κ3) is 4.03.